The van der Waals surface area contributed by atoms with Crippen molar-refractivity contribution < 1.29 is 9.90 Å². The molecule has 0 aliphatic carbocycles. The predicted molar refractivity (Wildman–Crippen MR) is 82.2 cm³/mol. The highest BCUT2D eigenvalue weighted by Gasteiger charge is 2.09. The fourth-order valence-corrected chi connectivity index (χ4v) is 2.93. The van der Waals surface area contributed by atoms with Crippen LogP contribution in [0.5, 0.6) is 0 Å². The van der Waals surface area contributed by atoms with Gasteiger partial charge in [0, 0.05) is 27.7 Å². The zero-order valence-electron chi connectivity index (χ0n) is 10.7. The van der Waals surface area contributed by atoms with Gasteiger partial charge in [-0.15, -0.1) is 0 Å². The van der Waals surface area contributed by atoms with Crippen LogP contribution in [0.4, 0.5) is 0 Å². The predicted octanol–water partition coefficient (Wildman–Crippen LogP) is 2.55. The summed E-state index contributed by atoms with van der Waals surface area (Å²) in [6.07, 6.45) is 1.78. The summed E-state index contributed by atoms with van der Waals surface area (Å²) < 4.78 is 2.28. The second kappa shape index (κ2) is 6.41. The first-order chi connectivity index (χ1) is 9.45. The smallest absolute Gasteiger partial charge is 0.304 e. The molecule has 0 aliphatic heterocycles. The van der Waals surface area contributed by atoms with Crippen molar-refractivity contribution in [2.45, 2.75) is 24.3 Å². The Morgan fingerprint density at radius 1 is 1.55 bits per heavy atom. The van der Waals surface area contributed by atoms with Gasteiger partial charge >= 0.3 is 5.97 Å². The van der Waals surface area contributed by atoms with Crippen molar-refractivity contribution in [2.24, 2.45) is 0 Å². The zero-order valence-corrected chi connectivity index (χ0v) is 13.1. The summed E-state index contributed by atoms with van der Waals surface area (Å²) in [5.41, 5.74) is 1.11. The third-order valence-corrected chi connectivity index (χ3v) is 4.32. The molecule has 2 aromatic heterocycles. The van der Waals surface area contributed by atoms with Crippen LogP contribution >= 0.6 is 27.7 Å². The maximum atomic E-state index is 12.0. The molecule has 20 heavy (non-hydrogen) atoms. The Morgan fingerprint density at radius 2 is 2.30 bits per heavy atom. The summed E-state index contributed by atoms with van der Waals surface area (Å²) in [7, 11) is 0. The molecule has 0 aliphatic rings. The van der Waals surface area contributed by atoms with Gasteiger partial charge < -0.3 is 5.11 Å². The van der Waals surface area contributed by atoms with Crippen LogP contribution in [-0.2, 0) is 10.5 Å². The molecular weight excluding hydrogens is 344 g/mol. The molecule has 1 N–H and O–H groups in total. The Hall–Kier alpha value is -1.34. The van der Waals surface area contributed by atoms with Gasteiger partial charge in [-0.3, -0.25) is 14.0 Å². The van der Waals surface area contributed by atoms with Gasteiger partial charge in [0.1, 0.15) is 5.65 Å². The number of nitrogens with zero attached hydrogens (tertiary/aromatic N) is 2. The maximum Gasteiger partial charge on any atom is 0.304 e. The minimum atomic E-state index is -0.818. The van der Waals surface area contributed by atoms with Crippen molar-refractivity contribution in [2.75, 3.05) is 0 Å². The molecule has 0 radical (unpaired) electrons. The molecule has 2 aromatic rings. The van der Waals surface area contributed by atoms with Crippen molar-refractivity contribution >= 4 is 39.3 Å². The fourth-order valence-electron chi connectivity index (χ4n) is 1.73. The molecule has 5 nitrogen and oxygen atoms in total. The molecule has 0 spiro atoms. The van der Waals surface area contributed by atoms with Gasteiger partial charge in [-0.1, -0.05) is 6.92 Å². The van der Waals surface area contributed by atoms with Crippen LogP contribution in [-0.4, -0.2) is 25.7 Å². The molecule has 1 unspecified atom stereocenters. The van der Waals surface area contributed by atoms with E-state index in [1.54, 1.807) is 12.3 Å². The Morgan fingerprint density at radius 3 is 3.00 bits per heavy atom. The van der Waals surface area contributed by atoms with E-state index in [0.29, 0.717) is 17.1 Å². The van der Waals surface area contributed by atoms with Crippen LogP contribution in [0, 0.1) is 0 Å². The minimum absolute atomic E-state index is 0.0160. The Kier molecular flexibility index (Phi) is 4.82. The lowest BCUT2D eigenvalue weighted by molar-refractivity contribution is -0.136. The number of hydrogen-bond donors (Lipinski definition) is 1. The molecule has 2 rings (SSSR count). The number of carboxylic acids is 1. The first-order valence-electron chi connectivity index (χ1n) is 5.97. The van der Waals surface area contributed by atoms with E-state index in [1.807, 2.05) is 13.0 Å². The molecule has 2 heterocycles. The first-order valence-corrected chi connectivity index (χ1v) is 7.81. The second-order valence-corrected chi connectivity index (χ2v) is 6.72. The first kappa shape index (κ1) is 15.1. The van der Waals surface area contributed by atoms with E-state index in [9.17, 15) is 9.59 Å². The van der Waals surface area contributed by atoms with Gasteiger partial charge in [0.2, 0.25) is 0 Å². The van der Waals surface area contributed by atoms with Crippen LogP contribution in [0.25, 0.3) is 5.65 Å². The number of aromatic nitrogens is 2. The number of aliphatic carboxylic acids is 1. The number of halogens is 1. The van der Waals surface area contributed by atoms with Crippen LogP contribution < -0.4 is 5.56 Å². The molecule has 7 heteroatoms. The molecule has 0 amide bonds. The molecule has 0 bridgehead atoms. The van der Waals surface area contributed by atoms with Gasteiger partial charge in [-0.05, 0) is 28.1 Å². The molecule has 106 valence electrons. The van der Waals surface area contributed by atoms with E-state index < -0.39 is 5.97 Å². The molecular formula is C13H13BrN2O3S. The van der Waals surface area contributed by atoms with Gasteiger partial charge in [0.25, 0.3) is 5.56 Å². The summed E-state index contributed by atoms with van der Waals surface area (Å²) in [5, 5.41) is 8.69. The average molecular weight is 357 g/mol. The Labute approximate surface area is 128 Å². The largest absolute Gasteiger partial charge is 0.481 e. The highest BCUT2D eigenvalue weighted by atomic mass is 79.9. The van der Waals surface area contributed by atoms with E-state index in [-0.39, 0.29) is 17.2 Å². The maximum absolute atomic E-state index is 12.0. The Balaban J connectivity index is 2.18. The van der Waals surface area contributed by atoms with Crippen molar-refractivity contribution in [3.63, 3.8) is 0 Å². The standard InChI is InChI=1S/C13H13BrN2O3S/c1-8(4-13(18)19)20-7-10-5-12(17)16-6-9(14)2-3-11(16)15-10/h2-3,5-6,8H,4,7H2,1H3,(H,18,19). The van der Waals surface area contributed by atoms with E-state index in [1.165, 1.54) is 22.2 Å². The third kappa shape index (κ3) is 3.83. The number of fused-ring (bicyclic) bond motifs is 1. The van der Waals surface area contributed by atoms with Gasteiger partial charge in [0.05, 0.1) is 12.1 Å². The van der Waals surface area contributed by atoms with Crippen LogP contribution in [0.2, 0.25) is 0 Å². The lowest BCUT2D eigenvalue weighted by Gasteiger charge is -2.08. The highest BCUT2D eigenvalue weighted by molar-refractivity contribution is 9.10. The summed E-state index contributed by atoms with van der Waals surface area (Å²) in [4.78, 5) is 27.0. The summed E-state index contributed by atoms with van der Waals surface area (Å²) in [6.45, 7) is 1.85. The number of hydrogen-bond acceptors (Lipinski definition) is 4. The minimum Gasteiger partial charge on any atom is -0.481 e. The van der Waals surface area contributed by atoms with Crippen LogP contribution in [0.3, 0.4) is 0 Å². The quantitative estimate of drug-likeness (QED) is 0.891. The normalized spacial score (nSPS) is 12.5. The fraction of sp³-hybridized carbons (Fsp3) is 0.308. The van der Waals surface area contributed by atoms with E-state index in [0.717, 1.165) is 4.47 Å². The number of carbonyl (C=O) groups is 1. The molecule has 0 saturated carbocycles. The topological polar surface area (TPSA) is 71.7 Å². The SMILES string of the molecule is CC(CC(=O)O)SCc1cc(=O)n2cc(Br)ccc2n1. The van der Waals surface area contributed by atoms with Crippen molar-refractivity contribution in [3.05, 3.63) is 44.9 Å². The number of rotatable bonds is 5. The van der Waals surface area contributed by atoms with Gasteiger partial charge in [0.15, 0.2) is 0 Å². The number of carboxylic acid groups (broad SMARTS) is 1. The number of thioether (sulfide) groups is 1. The highest BCUT2D eigenvalue weighted by Crippen LogP contribution is 2.19. The molecule has 0 saturated heterocycles. The molecule has 0 fully saturated rings. The van der Waals surface area contributed by atoms with Crippen LogP contribution in [0.1, 0.15) is 19.0 Å². The van der Waals surface area contributed by atoms with Crippen molar-refractivity contribution in [3.8, 4) is 0 Å². The summed E-state index contributed by atoms with van der Waals surface area (Å²) in [5.74, 6) is -0.294. The third-order valence-electron chi connectivity index (χ3n) is 2.65. The second-order valence-electron chi connectivity index (χ2n) is 4.38. The van der Waals surface area contributed by atoms with Crippen molar-refractivity contribution in [1.29, 1.82) is 0 Å². The van der Waals surface area contributed by atoms with Gasteiger partial charge in [-0.25, -0.2) is 4.98 Å². The molecule has 0 aromatic carbocycles. The van der Waals surface area contributed by atoms with Crippen LogP contribution in [0.15, 0.2) is 33.7 Å². The summed E-state index contributed by atoms with van der Waals surface area (Å²) in [6, 6.07) is 5.08. The van der Waals surface area contributed by atoms with Crippen molar-refractivity contribution in [1.82, 2.24) is 9.38 Å². The molecule has 1 atom stereocenters. The van der Waals surface area contributed by atoms with Gasteiger partial charge in [-0.2, -0.15) is 11.8 Å². The Bertz CT molecular complexity index is 702. The lowest BCUT2D eigenvalue weighted by Crippen LogP contribution is -2.15. The summed E-state index contributed by atoms with van der Waals surface area (Å²) >= 11 is 4.79. The van der Waals surface area contributed by atoms with E-state index in [4.69, 9.17) is 5.11 Å². The van der Waals surface area contributed by atoms with E-state index >= 15 is 0 Å². The number of pyridine rings is 1. The van der Waals surface area contributed by atoms with E-state index in [2.05, 4.69) is 20.9 Å². The zero-order chi connectivity index (χ0) is 14.7. The average Bonchev–Trinajstić information content (AvgIpc) is 2.36. The monoisotopic (exact) mass is 356 g/mol. The lowest BCUT2D eigenvalue weighted by atomic mass is 10.3.